The van der Waals surface area contributed by atoms with E-state index in [0.29, 0.717) is 29.0 Å². The molecule has 0 atom stereocenters. The summed E-state index contributed by atoms with van der Waals surface area (Å²) in [5.74, 6) is 0.670. The van der Waals surface area contributed by atoms with Gasteiger partial charge in [0.05, 0.1) is 12.7 Å². The molecule has 4 rings (SSSR count). The van der Waals surface area contributed by atoms with E-state index in [0.717, 1.165) is 5.56 Å². The first-order valence-corrected chi connectivity index (χ1v) is 7.10. The topological polar surface area (TPSA) is 78.7 Å². The second kappa shape index (κ2) is 5.20. The molecular weight excluding hydrogens is 294 g/mol. The smallest absolute Gasteiger partial charge is 0.264 e. The molecule has 0 bridgehead atoms. The lowest BCUT2D eigenvalue weighted by Gasteiger charge is -2.01. The van der Waals surface area contributed by atoms with Crippen LogP contribution in [0.15, 0.2) is 58.2 Å². The Labute approximate surface area is 130 Å². The van der Waals surface area contributed by atoms with E-state index in [2.05, 4.69) is 15.2 Å². The molecule has 0 N–H and O–H groups in total. The maximum absolute atomic E-state index is 12.4. The number of fused-ring (bicyclic) bond motifs is 1. The van der Waals surface area contributed by atoms with Crippen molar-refractivity contribution in [3.05, 3.63) is 65.0 Å². The molecule has 0 aliphatic rings. The summed E-state index contributed by atoms with van der Waals surface area (Å²) >= 11 is 0. The molecule has 0 saturated carbocycles. The molecule has 0 fully saturated rings. The minimum Gasteiger partial charge on any atom is -0.356 e. The van der Waals surface area contributed by atoms with E-state index in [1.54, 1.807) is 11.7 Å². The molecule has 0 saturated heterocycles. The van der Waals surface area contributed by atoms with Crippen LogP contribution < -0.4 is 5.56 Å². The fourth-order valence-corrected chi connectivity index (χ4v) is 2.48. The van der Waals surface area contributed by atoms with Gasteiger partial charge in [-0.25, -0.2) is 4.98 Å². The third kappa shape index (κ3) is 2.32. The average molecular weight is 307 g/mol. The maximum Gasteiger partial charge on any atom is 0.264 e. The Kier molecular flexibility index (Phi) is 3.04. The third-order valence-electron chi connectivity index (χ3n) is 3.67. The van der Waals surface area contributed by atoms with E-state index in [1.807, 2.05) is 36.4 Å². The summed E-state index contributed by atoms with van der Waals surface area (Å²) in [6, 6.07) is 11.5. The molecule has 3 aromatic heterocycles. The number of aromatic nitrogens is 5. The van der Waals surface area contributed by atoms with E-state index >= 15 is 0 Å². The van der Waals surface area contributed by atoms with Crippen LogP contribution in [0.1, 0.15) is 5.69 Å². The molecule has 7 nitrogen and oxygen atoms in total. The molecule has 0 spiro atoms. The van der Waals surface area contributed by atoms with Crippen molar-refractivity contribution in [2.45, 2.75) is 6.54 Å². The summed E-state index contributed by atoms with van der Waals surface area (Å²) in [5.41, 5.74) is 2.03. The largest absolute Gasteiger partial charge is 0.356 e. The van der Waals surface area contributed by atoms with Crippen LogP contribution in [0.3, 0.4) is 0 Å². The maximum atomic E-state index is 12.4. The monoisotopic (exact) mass is 307 g/mol. The van der Waals surface area contributed by atoms with Crippen molar-refractivity contribution in [2.24, 2.45) is 7.05 Å². The average Bonchev–Trinajstić information content (AvgIpc) is 3.19. The summed E-state index contributed by atoms with van der Waals surface area (Å²) < 4.78 is 8.42. The molecule has 0 radical (unpaired) electrons. The summed E-state index contributed by atoms with van der Waals surface area (Å²) in [6.45, 7) is 0.299. The quantitative estimate of drug-likeness (QED) is 0.577. The predicted octanol–water partition coefficient (Wildman–Crippen LogP) is 1.83. The molecule has 0 aliphatic heterocycles. The van der Waals surface area contributed by atoms with Gasteiger partial charge in [0.2, 0.25) is 0 Å². The Morgan fingerprint density at radius 3 is 2.87 bits per heavy atom. The van der Waals surface area contributed by atoms with Crippen LogP contribution in [0.5, 0.6) is 0 Å². The van der Waals surface area contributed by atoms with E-state index in [-0.39, 0.29) is 5.56 Å². The van der Waals surface area contributed by atoms with Crippen molar-refractivity contribution < 1.29 is 4.52 Å². The fourth-order valence-electron chi connectivity index (χ4n) is 2.48. The zero-order valence-corrected chi connectivity index (χ0v) is 12.4. The van der Waals surface area contributed by atoms with Crippen LogP contribution in [0, 0.1) is 0 Å². The van der Waals surface area contributed by atoms with Crippen molar-refractivity contribution in [1.29, 1.82) is 0 Å². The second-order valence-corrected chi connectivity index (χ2v) is 5.23. The molecule has 7 heteroatoms. The van der Waals surface area contributed by atoms with E-state index < -0.39 is 0 Å². The first kappa shape index (κ1) is 13.4. The van der Waals surface area contributed by atoms with Crippen LogP contribution in [0.4, 0.5) is 0 Å². The van der Waals surface area contributed by atoms with Gasteiger partial charge in [0, 0.05) is 18.7 Å². The molecule has 4 aromatic rings. The standard InChI is InChI=1S/C16H13N5O2/c1-20-15-13(8-18-20)16(22)21(10-17-15)9-12-7-14(23-19-12)11-5-3-2-4-6-11/h2-8,10H,9H2,1H3. The van der Waals surface area contributed by atoms with Crippen molar-refractivity contribution >= 4 is 11.0 Å². The van der Waals surface area contributed by atoms with Gasteiger partial charge in [0.25, 0.3) is 5.56 Å². The van der Waals surface area contributed by atoms with Gasteiger partial charge in [-0.3, -0.25) is 14.0 Å². The van der Waals surface area contributed by atoms with Gasteiger partial charge in [0.15, 0.2) is 11.4 Å². The fraction of sp³-hybridized carbons (Fsp3) is 0.125. The van der Waals surface area contributed by atoms with E-state index in [4.69, 9.17) is 4.52 Å². The first-order valence-electron chi connectivity index (χ1n) is 7.10. The molecule has 0 unspecified atom stereocenters. The lowest BCUT2D eigenvalue weighted by Crippen LogP contribution is -2.21. The van der Waals surface area contributed by atoms with Gasteiger partial charge in [-0.1, -0.05) is 35.5 Å². The van der Waals surface area contributed by atoms with Crippen LogP contribution in [-0.4, -0.2) is 24.5 Å². The van der Waals surface area contributed by atoms with E-state index in [1.165, 1.54) is 17.1 Å². The first-order chi connectivity index (χ1) is 11.2. The molecule has 0 amide bonds. The molecule has 3 heterocycles. The zero-order chi connectivity index (χ0) is 15.8. The molecule has 23 heavy (non-hydrogen) atoms. The normalized spacial score (nSPS) is 11.2. The number of rotatable bonds is 3. The van der Waals surface area contributed by atoms with E-state index in [9.17, 15) is 4.79 Å². The summed E-state index contributed by atoms with van der Waals surface area (Å²) in [7, 11) is 1.75. The minimum absolute atomic E-state index is 0.146. The van der Waals surface area contributed by atoms with Crippen molar-refractivity contribution in [2.75, 3.05) is 0 Å². The lowest BCUT2D eigenvalue weighted by molar-refractivity contribution is 0.420. The Balaban J connectivity index is 1.68. The van der Waals surface area contributed by atoms with Gasteiger partial charge in [-0.15, -0.1) is 0 Å². The van der Waals surface area contributed by atoms with Gasteiger partial charge in [0.1, 0.15) is 17.4 Å². The molecule has 1 aromatic carbocycles. The third-order valence-corrected chi connectivity index (χ3v) is 3.67. The Hall–Kier alpha value is -3.22. The van der Waals surface area contributed by atoms with Crippen molar-refractivity contribution in [3.63, 3.8) is 0 Å². The van der Waals surface area contributed by atoms with Gasteiger partial charge in [-0.05, 0) is 0 Å². The van der Waals surface area contributed by atoms with Crippen LogP contribution in [0.25, 0.3) is 22.4 Å². The van der Waals surface area contributed by atoms with Crippen molar-refractivity contribution in [1.82, 2.24) is 24.5 Å². The summed E-state index contributed by atoms with van der Waals surface area (Å²) in [4.78, 5) is 16.7. The SMILES string of the molecule is Cn1ncc2c(=O)n(Cc3cc(-c4ccccc4)on3)cnc21. The number of nitrogens with zero attached hydrogens (tertiary/aromatic N) is 5. The van der Waals surface area contributed by atoms with Gasteiger partial charge < -0.3 is 4.52 Å². The number of hydrogen-bond donors (Lipinski definition) is 0. The molecule has 114 valence electrons. The zero-order valence-electron chi connectivity index (χ0n) is 12.4. The van der Waals surface area contributed by atoms with Crippen molar-refractivity contribution in [3.8, 4) is 11.3 Å². The van der Waals surface area contributed by atoms with Crippen LogP contribution in [-0.2, 0) is 13.6 Å². The highest BCUT2D eigenvalue weighted by atomic mass is 16.5. The highest BCUT2D eigenvalue weighted by molar-refractivity contribution is 5.72. The van der Waals surface area contributed by atoms with Gasteiger partial charge in [-0.2, -0.15) is 5.10 Å². The van der Waals surface area contributed by atoms with Crippen LogP contribution >= 0.6 is 0 Å². The highest BCUT2D eigenvalue weighted by Gasteiger charge is 2.11. The highest BCUT2D eigenvalue weighted by Crippen LogP contribution is 2.19. The number of benzene rings is 1. The Morgan fingerprint density at radius 2 is 2.04 bits per heavy atom. The molecule has 0 aliphatic carbocycles. The second-order valence-electron chi connectivity index (χ2n) is 5.23. The number of aryl methyl sites for hydroxylation is 1. The Morgan fingerprint density at radius 1 is 1.22 bits per heavy atom. The van der Waals surface area contributed by atoms with Crippen LogP contribution in [0.2, 0.25) is 0 Å². The summed E-state index contributed by atoms with van der Waals surface area (Å²) in [6.07, 6.45) is 3.03. The summed E-state index contributed by atoms with van der Waals surface area (Å²) in [5, 5.41) is 8.57. The minimum atomic E-state index is -0.146. The molecular formula is C16H13N5O2. The lowest BCUT2D eigenvalue weighted by atomic mass is 10.2. The predicted molar refractivity (Wildman–Crippen MR) is 83.8 cm³/mol. The number of hydrogen-bond acceptors (Lipinski definition) is 5. The Bertz CT molecular complexity index is 1030. The van der Waals surface area contributed by atoms with Gasteiger partial charge >= 0.3 is 0 Å².